The van der Waals surface area contributed by atoms with E-state index in [1.807, 2.05) is 17.9 Å². The van der Waals surface area contributed by atoms with Crippen molar-refractivity contribution in [2.75, 3.05) is 6.54 Å². The van der Waals surface area contributed by atoms with Crippen LogP contribution >= 0.6 is 0 Å². The quantitative estimate of drug-likeness (QED) is 0.801. The predicted molar refractivity (Wildman–Crippen MR) is 68.4 cm³/mol. The van der Waals surface area contributed by atoms with Crippen molar-refractivity contribution >= 4 is 0 Å². The zero-order chi connectivity index (χ0) is 12.1. The number of hydrogen-bond acceptors (Lipinski definition) is 2. The fourth-order valence-corrected chi connectivity index (χ4v) is 1.77. The van der Waals surface area contributed by atoms with Crippen molar-refractivity contribution in [2.24, 2.45) is 18.9 Å². The van der Waals surface area contributed by atoms with Crippen LogP contribution < -0.4 is 5.32 Å². The van der Waals surface area contributed by atoms with Gasteiger partial charge in [-0.1, -0.05) is 27.7 Å². The van der Waals surface area contributed by atoms with Crippen LogP contribution in [-0.4, -0.2) is 22.4 Å². The van der Waals surface area contributed by atoms with Crippen LogP contribution in [0.5, 0.6) is 0 Å². The molecule has 1 atom stereocenters. The molecule has 0 radical (unpaired) electrons. The molecule has 3 nitrogen and oxygen atoms in total. The smallest absolute Gasteiger partial charge is 0.0627 e. The van der Waals surface area contributed by atoms with Crippen molar-refractivity contribution in [3.05, 3.63) is 18.0 Å². The molecule has 1 aromatic heterocycles. The van der Waals surface area contributed by atoms with Crippen molar-refractivity contribution in [1.82, 2.24) is 15.1 Å². The number of aryl methyl sites for hydroxylation is 1. The lowest BCUT2D eigenvalue weighted by molar-refractivity contribution is 0.346. The molecule has 0 amide bonds. The molecular weight excluding hydrogens is 198 g/mol. The van der Waals surface area contributed by atoms with E-state index in [2.05, 4.69) is 44.2 Å². The summed E-state index contributed by atoms with van der Waals surface area (Å²) in [4.78, 5) is 0. The molecular formula is C13H25N3. The van der Waals surface area contributed by atoms with Crippen LogP contribution in [-0.2, 0) is 13.5 Å². The highest BCUT2D eigenvalue weighted by Gasteiger charge is 2.15. The Kier molecular flexibility index (Phi) is 5.00. The number of rotatable bonds is 6. The summed E-state index contributed by atoms with van der Waals surface area (Å²) >= 11 is 0. The lowest BCUT2D eigenvalue weighted by Crippen LogP contribution is -2.32. The Morgan fingerprint density at radius 2 is 2.00 bits per heavy atom. The van der Waals surface area contributed by atoms with E-state index < -0.39 is 0 Å². The van der Waals surface area contributed by atoms with E-state index in [4.69, 9.17) is 0 Å². The molecule has 1 heterocycles. The zero-order valence-corrected chi connectivity index (χ0v) is 11.2. The van der Waals surface area contributed by atoms with Gasteiger partial charge in [0.25, 0.3) is 0 Å². The lowest BCUT2D eigenvalue weighted by atomic mass is 9.91. The van der Waals surface area contributed by atoms with Gasteiger partial charge < -0.3 is 5.32 Å². The predicted octanol–water partition coefficient (Wildman–Crippen LogP) is 2.23. The van der Waals surface area contributed by atoms with E-state index in [1.165, 1.54) is 5.69 Å². The summed E-state index contributed by atoms with van der Waals surface area (Å²) in [5, 5.41) is 7.97. The first-order chi connectivity index (χ1) is 7.49. The lowest BCUT2D eigenvalue weighted by Gasteiger charge is -2.21. The molecule has 92 valence electrons. The minimum absolute atomic E-state index is 0.560. The highest BCUT2D eigenvalue weighted by atomic mass is 15.2. The van der Waals surface area contributed by atoms with E-state index in [9.17, 15) is 0 Å². The maximum Gasteiger partial charge on any atom is 0.0627 e. The molecule has 0 spiro atoms. The second-order valence-corrected chi connectivity index (χ2v) is 5.25. The van der Waals surface area contributed by atoms with Gasteiger partial charge in [0.15, 0.2) is 0 Å². The molecule has 1 N–H and O–H groups in total. The molecule has 0 fully saturated rings. The van der Waals surface area contributed by atoms with Crippen molar-refractivity contribution < 1.29 is 0 Å². The third-order valence-electron chi connectivity index (χ3n) is 2.97. The molecule has 0 aliphatic carbocycles. The summed E-state index contributed by atoms with van der Waals surface area (Å²) < 4.78 is 1.88. The maximum absolute atomic E-state index is 4.45. The molecule has 3 heteroatoms. The summed E-state index contributed by atoms with van der Waals surface area (Å²) in [7, 11) is 1.97. The first-order valence-corrected chi connectivity index (χ1v) is 6.21. The van der Waals surface area contributed by atoms with Crippen LogP contribution in [0.2, 0.25) is 0 Å². The Morgan fingerprint density at radius 1 is 1.31 bits per heavy atom. The van der Waals surface area contributed by atoms with Crippen LogP contribution in [0, 0.1) is 11.8 Å². The van der Waals surface area contributed by atoms with Crippen molar-refractivity contribution in [2.45, 2.75) is 40.2 Å². The number of nitrogens with one attached hydrogen (secondary N) is 1. The number of nitrogens with zero attached hydrogens (tertiary/aromatic N) is 2. The van der Waals surface area contributed by atoms with Crippen molar-refractivity contribution in [1.29, 1.82) is 0 Å². The summed E-state index contributed by atoms with van der Waals surface area (Å²) in [6, 6.07) is 2.68. The van der Waals surface area contributed by atoms with Crippen molar-refractivity contribution in [3.63, 3.8) is 0 Å². The molecule has 1 aromatic rings. The van der Waals surface area contributed by atoms with Crippen LogP contribution in [0.4, 0.5) is 0 Å². The van der Waals surface area contributed by atoms with Crippen LogP contribution in [0.15, 0.2) is 12.3 Å². The standard InChI is InChI=1S/C13H25N3/c1-10(2)12(9-14-11(3)4)8-13-6-7-16(5)15-13/h6-7,10-12,14H,8-9H2,1-5H3. The SMILES string of the molecule is CC(C)NCC(Cc1ccn(C)n1)C(C)C. The normalized spacial score (nSPS) is 13.7. The van der Waals surface area contributed by atoms with Gasteiger partial charge in [-0.25, -0.2) is 0 Å². The fourth-order valence-electron chi connectivity index (χ4n) is 1.77. The van der Waals surface area contributed by atoms with Gasteiger partial charge in [-0.05, 0) is 30.9 Å². The Labute approximate surface area is 99.2 Å². The average Bonchev–Trinajstić information content (AvgIpc) is 2.57. The van der Waals surface area contributed by atoms with Gasteiger partial charge in [0.2, 0.25) is 0 Å². The van der Waals surface area contributed by atoms with E-state index >= 15 is 0 Å². The van der Waals surface area contributed by atoms with Crippen molar-refractivity contribution in [3.8, 4) is 0 Å². The molecule has 1 rings (SSSR count). The van der Waals surface area contributed by atoms with Gasteiger partial charge in [-0.3, -0.25) is 4.68 Å². The van der Waals surface area contributed by atoms with E-state index in [1.54, 1.807) is 0 Å². The van der Waals surface area contributed by atoms with Gasteiger partial charge >= 0.3 is 0 Å². The summed E-state index contributed by atoms with van der Waals surface area (Å²) in [5.41, 5.74) is 1.20. The second kappa shape index (κ2) is 6.04. The summed E-state index contributed by atoms with van der Waals surface area (Å²) in [6.45, 7) is 10.0. The molecule has 0 aromatic carbocycles. The third kappa shape index (κ3) is 4.35. The molecule has 0 bridgehead atoms. The Bertz CT molecular complexity index is 302. The van der Waals surface area contributed by atoms with Gasteiger partial charge in [0, 0.05) is 19.3 Å². The maximum atomic E-state index is 4.45. The number of aromatic nitrogens is 2. The molecule has 16 heavy (non-hydrogen) atoms. The average molecular weight is 223 g/mol. The highest BCUT2D eigenvalue weighted by Crippen LogP contribution is 2.15. The molecule has 0 aliphatic heterocycles. The Balaban J connectivity index is 2.51. The molecule has 1 unspecified atom stereocenters. The minimum Gasteiger partial charge on any atom is -0.314 e. The van der Waals surface area contributed by atoms with Crippen LogP contribution in [0.3, 0.4) is 0 Å². The van der Waals surface area contributed by atoms with Crippen LogP contribution in [0.25, 0.3) is 0 Å². The zero-order valence-electron chi connectivity index (χ0n) is 11.2. The van der Waals surface area contributed by atoms with Gasteiger partial charge in [0.05, 0.1) is 5.69 Å². The minimum atomic E-state index is 0.560. The van der Waals surface area contributed by atoms with Gasteiger partial charge in [-0.15, -0.1) is 0 Å². The van der Waals surface area contributed by atoms with Gasteiger partial charge in [0.1, 0.15) is 0 Å². The summed E-state index contributed by atoms with van der Waals surface area (Å²) in [5.74, 6) is 1.35. The fraction of sp³-hybridized carbons (Fsp3) is 0.769. The molecule has 0 saturated heterocycles. The first-order valence-electron chi connectivity index (χ1n) is 6.21. The Morgan fingerprint density at radius 3 is 2.44 bits per heavy atom. The summed E-state index contributed by atoms with van der Waals surface area (Å²) in [6.07, 6.45) is 3.08. The topological polar surface area (TPSA) is 29.9 Å². The third-order valence-corrected chi connectivity index (χ3v) is 2.97. The number of hydrogen-bond donors (Lipinski definition) is 1. The largest absolute Gasteiger partial charge is 0.314 e. The van der Waals surface area contributed by atoms with E-state index in [-0.39, 0.29) is 0 Å². The second-order valence-electron chi connectivity index (χ2n) is 5.25. The van der Waals surface area contributed by atoms with Gasteiger partial charge in [-0.2, -0.15) is 5.10 Å². The highest BCUT2D eigenvalue weighted by molar-refractivity contribution is 5.00. The monoisotopic (exact) mass is 223 g/mol. The molecule has 0 aliphatic rings. The van der Waals surface area contributed by atoms with E-state index in [0.717, 1.165) is 13.0 Å². The van der Waals surface area contributed by atoms with E-state index in [0.29, 0.717) is 17.9 Å². The first kappa shape index (κ1) is 13.2. The van der Waals surface area contributed by atoms with Crippen LogP contribution in [0.1, 0.15) is 33.4 Å². The Hall–Kier alpha value is -0.830. The molecule has 0 saturated carbocycles.